The summed E-state index contributed by atoms with van der Waals surface area (Å²) in [5.74, 6) is -0.655. The highest BCUT2D eigenvalue weighted by Crippen LogP contribution is 2.31. The number of rotatable bonds is 12. The lowest BCUT2D eigenvalue weighted by Crippen LogP contribution is -2.70. The first kappa shape index (κ1) is 52.8. The Morgan fingerprint density at radius 2 is 1.00 bits per heavy atom. The van der Waals surface area contributed by atoms with Gasteiger partial charge in [0, 0.05) is 89.3 Å². The van der Waals surface area contributed by atoms with Gasteiger partial charge in [-0.15, -0.1) is 0 Å². The molecular formula is C51H60Cl2F2N8O8. The Morgan fingerprint density at radius 1 is 0.606 bits per heavy atom. The third-order valence-electron chi connectivity index (χ3n) is 12.1. The first-order valence-corrected chi connectivity index (χ1v) is 24.2. The fraction of sp³-hybridized carbons (Fsp3) is 0.431. The van der Waals surface area contributed by atoms with Crippen molar-refractivity contribution in [3.8, 4) is 11.5 Å². The van der Waals surface area contributed by atoms with Gasteiger partial charge in [0.1, 0.15) is 28.7 Å². The molecule has 4 aliphatic rings. The number of nitrogens with zero attached hydrogens (tertiary/aromatic N) is 5. The van der Waals surface area contributed by atoms with Crippen molar-refractivity contribution >= 4 is 64.3 Å². The maximum absolute atomic E-state index is 13.5. The molecule has 0 spiro atoms. The molecule has 5 amide bonds. The van der Waals surface area contributed by atoms with Crippen molar-refractivity contribution in [1.82, 2.24) is 29.8 Å². The molecule has 4 atom stereocenters. The zero-order chi connectivity index (χ0) is 51.0. The van der Waals surface area contributed by atoms with E-state index >= 15 is 0 Å². The van der Waals surface area contributed by atoms with Gasteiger partial charge in [0.15, 0.2) is 13.2 Å². The topological polar surface area (TPSA) is 165 Å². The highest BCUT2D eigenvalue weighted by molar-refractivity contribution is 6.31. The van der Waals surface area contributed by atoms with Gasteiger partial charge < -0.3 is 44.9 Å². The van der Waals surface area contributed by atoms with Crippen molar-refractivity contribution in [2.75, 3.05) is 76.2 Å². The molecule has 4 aromatic rings. The van der Waals surface area contributed by atoms with Crippen molar-refractivity contribution in [2.24, 2.45) is 0 Å². The minimum absolute atomic E-state index is 0.0269. The molecular weight excluding hydrogens is 962 g/mol. The number of carbonyl (C=O) groups is 5. The fourth-order valence-electron chi connectivity index (χ4n) is 9.41. The highest BCUT2D eigenvalue weighted by Gasteiger charge is 2.45. The maximum Gasteiger partial charge on any atom is 0.410 e. The van der Waals surface area contributed by atoms with Crippen LogP contribution in [0, 0.1) is 11.6 Å². The van der Waals surface area contributed by atoms with E-state index in [1.807, 2.05) is 25.7 Å². The Bertz CT molecular complexity index is 2520. The molecule has 380 valence electrons. The molecule has 0 aliphatic carbocycles. The zero-order valence-corrected chi connectivity index (χ0v) is 41.9. The number of nitrogens with one attached hydrogen (secondary N) is 3. The van der Waals surface area contributed by atoms with E-state index in [-0.39, 0.29) is 72.6 Å². The summed E-state index contributed by atoms with van der Waals surface area (Å²) in [7, 11) is 0. The molecule has 0 saturated carbocycles. The molecule has 4 heterocycles. The Morgan fingerprint density at radius 3 is 1.39 bits per heavy atom. The van der Waals surface area contributed by atoms with E-state index in [0.717, 1.165) is 30.8 Å². The largest absolute Gasteiger partial charge is 0.482 e. The van der Waals surface area contributed by atoms with Crippen LogP contribution in [0.15, 0.2) is 84.9 Å². The van der Waals surface area contributed by atoms with Crippen molar-refractivity contribution in [3.05, 3.63) is 118 Å². The minimum Gasteiger partial charge on any atom is -0.482 e. The molecule has 4 saturated heterocycles. The third kappa shape index (κ3) is 14.8. The Labute approximate surface area is 422 Å². The lowest BCUT2D eigenvalue weighted by Gasteiger charge is -2.53. The number of benzene rings is 4. The summed E-state index contributed by atoms with van der Waals surface area (Å²) in [6.07, 6.45) is -0.408. The second kappa shape index (κ2) is 23.5. The number of anilines is 2. The van der Waals surface area contributed by atoms with Gasteiger partial charge in [-0.25, -0.2) is 13.6 Å². The van der Waals surface area contributed by atoms with Gasteiger partial charge in [0.2, 0.25) is 11.8 Å². The molecule has 4 aliphatic heterocycles. The number of hydrogen-bond donors (Lipinski definition) is 3. The van der Waals surface area contributed by atoms with E-state index in [0.29, 0.717) is 78.7 Å². The predicted octanol–water partition coefficient (Wildman–Crippen LogP) is 6.65. The van der Waals surface area contributed by atoms with Crippen LogP contribution in [-0.4, -0.2) is 150 Å². The average Bonchev–Trinajstić information content (AvgIpc) is 3.28. The molecule has 16 nitrogen and oxygen atoms in total. The van der Waals surface area contributed by atoms with Crippen LogP contribution in [-0.2, 0) is 37.0 Å². The SMILES string of the molecule is CC(=O)Nc1cc(Cl)ccc1OCC(=O)N1C2CN(Cc3ccc(F)cc3)CC1CN(C(=O)OC(C)(C)C)C2.CC(=O)Nc1cc(Cl)ccc1OCC(=O)N1C2CNCC1CN(Cc1ccc(F)cc1)C2. The molecule has 4 bridgehead atoms. The van der Waals surface area contributed by atoms with E-state index in [9.17, 15) is 32.8 Å². The second-order valence-corrected chi connectivity index (χ2v) is 20.0. The number of carbonyl (C=O) groups excluding carboxylic acids is 5. The Kier molecular flexibility index (Phi) is 17.4. The van der Waals surface area contributed by atoms with Gasteiger partial charge in [-0.3, -0.25) is 29.0 Å². The molecule has 0 radical (unpaired) electrons. The predicted molar refractivity (Wildman–Crippen MR) is 265 cm³/mol. The van der Waals surface area contributed by atoms with E-state index in [4.69, 9.17) is 37.4 Å². The van der Waals surface area contributed by atoms with Crippen LogP contribution < -0.4 is 25.4 Å². The Hall–Kier alpha value is -6.05. The molecule has 4 unspecified atom stereocenters. The fourth-order valence-corrected chi connectivity index (χ4v) is 9.75. The van der Waals surface area contributed by atoms with Crippen molar-refractivity contribution in [1.29, 1.82) is 0 Å². The van der Waals surface area contributed by atoms with Crippen LogP contribution in [0.1, 0.15) is 45.7 Å². The number of ether oxygens (including phenoxy) is 3. The van der Waals surface area contributed by atoms with Gasteiger partial charge in [-0.2, -0.15) is 0 Å². The molecule has 3 N–H and O–H groups in total. The molecule has 0 aromatic heterocycles. The number of amides is 5. The summed E-state index contributed by atoms with van der Waals surface area (Å²) in [5.41, 5.74) is 2.20. The summed E-state index contributed by atoms with van der Waals surface area (Å²) >= 11 is 12.1. The first-order valence-electron chi connectivity index (χ1n) is 23.4. The van der Waals surface area contributed by atoms with Crippen LogP contribution >= 0.6 is 23.2 Å². The lowest BCUT2D eigenvalue weighted by atomic mass is 9.99. The lowest BCUT2D eigenvalue weighted by molar-refractivity contribution is -0.148. The average molecular weight is 1020 g/mol. The number of halogens is 4. The van der Waals surface area contributed by atoms with Gasteiger partial charge >= 0.3 is 6.09 Å². The second-order valence-electron chi connectivity index (χ2n) is 19.1. The van der Waals surface area contributed by atoms with E-state index in [1.165, 1.54) is 38.1 Å². The van der Waals surface area contributed by atoms with E-state index in [1.54, 1.807) is 70.5 Å². The van der Waals surface area contributed by atoms with Crippen molar-refractivity contribution < 1.29 is 47.0 Å². The Balaban J connectivity index is 0.000000213. The quantitative estimate of drug-likeness (QED) is 0.139. The van der Waals surface area contributed by atoms with Crippen LogP contribution in [0.2, 0.25) is 10.0 Å². The summed E-state index contributed by atoms with van der Waals surface area (Å²) < 4.78 is 43.8. The van der Waals surface area contributed by atoms with Crippen LogP contribution in [0.3, 0.4) is 0 Å². The molecule has 8 rings (SSSR count). The van der Waals surface area contributed by atoms with Crippen LogP contribution in [0.4, 0.5) is 25.0 Å². The monoisotopic (exact) mass is 1020 g/mol. The van der Waals surface area contributed by atoms with Gasteiger partial charge in [-0.1, -0.05) is 47.5 Å². The van der Waals surface area contributed by atoms with Gasteiger partial charge in [-0.05, 0) is 92.6 Å². The summed E-state index contributed by atoms with van der Waals surface area (Å²) in [4.78, 5) is 72.4. The number of hydrogen-bond acceptors (Lipinski definition) is 11. The zero-order valence-electron chi connectivity index (χ0n) is 40.4. The van der Waals surface area contributed by atoms with E-state index in [2.05, 4.69) is 25.8 Å². The first-order chi connectivity index (χ1) is 33.8. The molecule has 71 heavy (non-hydrogen) atoms. The number of fused-ring (bicyclic) bond motifs is 4. The summed E-state index contributed by atoms with van der Waals surface area (Å²) in [5, 5.41) is 9.63. The summed E-state index contributed by atoms with van der Waals surface area (Å²) in [6, 6.07) is 22.1. The maximum atomic E-state index is 13.5. The van der Waals surface area contributed by atoms with Gasteiger partial charge in [0.25, 0.3) is 11.8 Å². The van der Waals surface area contributed by atoms with Gasteiger partial charge in [0.05, 0.1) is 35.5 Å². The highest BCUT2D eigenvalue weighted by atomic mass is 35.5. The normalized spacial score (nSPS) is 20.0. The molecule has 4 fully saturated rings. The molecule has 4 aromatic carbocycles. The van der Waals surface area contributed by atoms with Crippen molar-refractivity contribution in [2.45, 2.75) is 77.5 Å². The van der Waals surface area contributed by atoms with Crippen molar-refractivity contribution in [3.63, 3.8) is 0 Å². The number of piperazine rings is 4. The third-order valence-corrected chi connectivity index (χ3v) is 12.6. The van der Waals surface area contributed by atoms with E-state index < -0.39 is 11.7 Å². The smallest absolute Gasteiger partial charge is 0.410 e. The van der Waals surface area contributed by atoms with Crippen LogP contribution in [0.5, 0.6) is 11.5 Å². The standard InChI is InChI=1S/C28H34ClFN4O5.C23H26ClFN4O3/c1-18(35)31-24-11-20(29)7-10-25(24)38-17-26(36)34-22-13-32(12-19-5-8-21(30)9-6-19)14-23(34)16-33(15-22)27(37)39-28(2,3)4;1-15(30)27-21-8-17(24)4-7-22(21)32-14-23(31)29-19-9-26-10-20(29)13-28(12-19)11-16-2-5-18(25)6-3-16/h5-11,22-23H,12-17H2,1-4H3,(H,31,35);2-8,19-20,26H,9-14H2,1H3,(H,27,30). The van der Waals surface area contributed by atoms with Crippen LogP contribution in [0.25, 0.3) is 0 Å². The summed E-state index contributed by atoms with van der Waals surface area (Å²) in [6.45, 7) is 13.7. The minimum atomic E-state index is -0.633. The molecule has 20 heteroatoms.